The van der Waals surface area contributed by atoms with E-state index in [1.807, 2.05) is 0 Å². The lowest BCUT2D eigenvalue weighted by Crippen LogP contribution is -2.56. The van der Waals surface area contributed by atoms with Gasteiger partial charge in [-0.3, -0.25) is 0 Å². The number of aromatic nitrogens is 1. The number of carbonyl (C=O) groups excluding carboxylic acids is 1. The molecule has 5 atom stereocenters. The maximum atomic E-state index is 13.7. The Bertz CT molecular complexity index is 1430. The first-order valence-corrected chi connectivity index (χ1v) is 12.6. The summed E-state index contributed by atoms with van der Waals surface area (Å²) in [6.07, 6.45) is -7.80. The molecule has 11 heteroatoms. The molecule has 1 fully saturated rings. The van der Waals surface area contributed by atoms with Gasteiger partial charge in [0, 0.05) is 5.56 Å². The van der Waals surface area contributed by atoms with E-state index >= 15 is 0 Å². The predicted octanol–water partition coefficient (Wildman–Crippen LogP) is 2.58. The molecule has 39 heavy (non-hydrogen) atoms. The summed E-state index contributed by atoms with van der Waals surface area (Å²) in [6.45, 7) is 1.01. The van der Waals surface area contributed by atoms with Crippen LogP contribution in [-0.2, 0) is 9.47 Å². The van der Waals surface area contributed by atoms with Crippen molar-refractivity contribution < 1.29 is 39.4 Å². The van der Waals surface area contributed by atoms with Gasteiger partial charge >= 0.3 is 5.97 Å². The second kappa shape index (κ2) is 12.0. The number of methoxy groups -OCH3 is 1. The second-order valence-corrected chi connectivity index (χ2v) is 9.18. The van der Waals surface area contributed by atoms with Gasteiger partial charge in [-0.25, -0.2) is 4.79 Å². The van der Waals surface area contributed by atoms with Crippen molar-refractivity contribution in [1.29, 1.82) is 5.26 Å². The van der Waals surface area contributed by atoms with Crippen molar-refractivity contribution in [2.24, 2.45) is 0 Å². The normalized spacial score (nSPS) is 22.6. The predicted molar refractivity (Wildman–Crippen MR) is 142 cm³/mol. The Morgan fingerprint density at radius 3 is 2.28 bits per heavy atom. The number of hydrogen-bond donors (Lipinski definition) is 4. The van der Waals surface area contributed by atoms with Crippen LogP contribution in [0.15, 0.2) is 54.6 Å². The van der Waals surface area contributed by atoms with Crippen LogP contribution in [0.25, 0.3) is 22.4 Å². The van der Waals surface area contributed by atoms with E-state index in [1.54, 1.807) is 61.5 Å². The summed E-state index contributed by atoms with van der Waals surface area (Å²) in [4.78, 5) is 13.7. The number of carbonyl (C=O) groups is 1. The van der Waals surface area contributed by atoms with E-state index in [-0.39, 0.29) is 33.6 Å². The number of nitriles is 1. The van der Waals surface area contributed by atoms with E-state index in [4.69, 9.17) is 26.4 Å². The average Bonchev–Trinajstić information content (AvgIpc) is 2.96. The fourth-order valence-corrected chi connectivity index (χ4v) is 5.01. The topological polar surface area (TPSA) is 154 Å². The molecule has 0 bridgehead atoms. The molecule has 0 saturated carbocycles. The molecular formula is C28H28N2O8S. The van der Waals surface area contributed by atoms with Crippen LogP contribution in [0.2, 0.25) is 0 Å². The van der Waals surface area contributed by atoms with Crippen molar-refractivity contribution in [2.45, 2.75) is 37.6 Å². The van der Waals surface area contributed by atoms with Crippen LogP contribution in [0.4, 0.5) is 0 Å². The van der Waals surface area contributed by atoms with E-state index in [2.05, 4.69) is 6.07 Å². The zero-order chi connectivity index (χ0) is 28.3. The van der Waals surface area contributed by atoms with Gasteiger partial charge in [0.1, 0.15) is 40.9 Å². The zero-order valence-electron chi connectivity index (χ0n) is 21.2. The number of ether oxygens (including phenoxy) is 3. The van der Waals surface area contributed by atoms with Crippen molar-refractivity contribution >= 4 is 18.2 Å². The summed E-state index contributed by atoms with van der Waals surface area (Å²) in [6, 6.07) is 17.4. The smallest absolute Gasteiger partial charge is 0.340 e. The summed E-state index contributed by atoms with van der Waals surface area (Å²) >= 11 is 5.77. The van der Waals surface area contributed by atoms with E-state index in [1.165, 1.54) is 11.7 Å². The van der Waals surface area contributed by atoms with Crippen molar-refractivity contribution in [3.63, 3.8) is 0 Å². The van der Waals surface area contributed by atoms with E-state index in [9.17, 15) is 30.5 Å². The Morgan fingerprint density at radius 1 is 1.05 bits per heavy atom. The van der Waals surface area contributed by atoms with Crippen molar-refractivity contribution in [1.82, 2.24) is 4.57 Å². The van der Waals surface area contributed by atoms with Gasteiger partial charge in [-0.15, -0.1) is 0 Å². The molecule has 10 nitrogen and oxygen atoms in total. The Kier molecular flexibility index (Phi) is 8.76. The van der Waals surface area contributed by atoms with Gasteiger partial charge in [0.25, 0.3) is 0 Å². The van der Waals surface area contributed by atoms with Gasteiger partial charge in [-0.1, -0.05) is 54.7 Å². The minimum Gasteiger partial charge on any atom is -0.497 e. The Balaban J connectivity index is 2.16. The Labute approximate surface area is 229 Å². The summed E-state index contributed by atoms with van der Waals surface area (Å²) < 4.78 is 17.7. The van der Waals surface area contributed by atoms with Crippen LogP contribution in [0.3, 0.4) is 0 Å². The third-order valence-corrected chi connectivity index (χ3v) is 6.95. The highest BCUT2D eigenvalue weighted by molar-refractivity contribution is 7.71. The lowest BCUT2D eigenvalue weighted by Gasteiger charge is -2.42. The lowest BCUT2D eigenvalue weighted by atomic mass is 9.90. The molecule has 4 N–H and O–H groups in total. The molecule has 0 unspecified atom stereocenters. The largest absolute Gasteiger partial charge is 0.497 e. The molecule has 204 valence electrons. The van der Waals surface area contributed by atoms with Gasteiger partial charge in [0.15, 0.2) is 6.23 Å². The molecule has 1 aliphatic rings. The van der Waals surface area contributed by atoms with Crippen molar-refractivity contribution in [2.75, 3.05) is 20.3 Å². The van der Waals surface area contributed by atoms with Gasteiger partial charge in [0.2, 0.25) is 0 Å². The first kappa shape index (κ1) is 28.4. The van der Waals surface area contributed by atoms with Crippen molar-refractivity contribution in [3.05, 3.63) is 70.4 Å². The molecular weight excluding hydrogens is 524 g/mol. The summed E-state index contributed by atoms with van der Waals surface area (Å²) in [7, 11) is 1.51. The molecule has 1 saturated heterocycles. The molecule has 2 heterocycles. The number of pyridine rings is 1. The number of hydrogen-bond acceptors (Lipinski definition) is 10. The standard InChI is InChI=1S/C28H28N2O8S/c1-3-37-28(35)21-20(15-9-11-17(36-2)12-10-15)18(13-29)27(39)30(22(21)16-7-5-4-6-8-16)26-25(34)24(33)23(32)19(14-31)38-26/h4-12,19,23-26,31-34H,3,14H2,1-2H3/t19-,23+,24+,25+,26+/m0/s1. The Hall–Kier alpha value is -3.63. The van der Waals surface area contributed by atoms with Crippen LogP contribution < -0.4 is 4.74 Å². The molecule has 0 aliphatic carbocycles. The third kappa shape index (κ3) is 5.18. The quantitative estimate of drug-likeness (QED) is 0.254. The number of esters is 1. The van der Waals surface area contributed by atoms with Crippen LogP contribution >= 0.6 is 12.2 Å². The molecule has 4 rings (SSSR count). The number of aliphatic hydroxyl groups excluding tert-OH is 4. The molecule has 1 aliphatic heterocycles. The number of benzene rings is 2. The number of rotatable bonds is 7. The van der Waals surface area contributed by atoms with Crippen LogP contribution in [0, 0.1) is 16.0 Å². The molecule has 1 aromatic heterocycles. The highest BCUT2D eigenvalue weighted by Crippen LogP contribution is 2.41. The third-order valence-electron chi connectivity index (χ3n) is 6.55. The summed E-state index contributed by atoms with van der Waals surface area (Å²) in [5.41, 5.74) is 1.24. The maximum Gasteiger partial charge on any atom is 0.340 e. The van der Waals surface area contributed by atoms with Crippen LogP contribution in [0.1, 0.15) is 29.1 Å². The minimum absolute atomic E-state index is 0.0182. The van der Waals surface area contributed by atoms with Gasteiger partial charge in [0.05, 0.1) is 37.1 Å². The minimum atomic E-state index is -1.73. The molecule has 3 aromatic rings. The van der Waals surface area contributed by atoms with E-state index in [0.29, 0.717) is 16.9 Å². The van der Waals surface area contributed by atoms with Gasteiger partial charge in [-0.05, 0) is 30.2 Å². The van der Waals surface area contributed by atoms with Crippen LogP contribution in [-0.4, -0.2) is 75.7 Å². The van der Waals surface area contributed by atoms with E-state index < -0.39 is 43.2 Å². The van der Waals surface area contributed by atoms with Gasteiger partial charge in [-0.2, -0.15) is 5.26 Å². The first-order chi connectivity index (χ1) is 18.8. The maximum absolute atomic E-state index is 13.7. The monoisotopic (exact) mass is 552 g/mol. The molecule has 0 amide bonds. The summed E-state index contributed by atoms with van der Waals surface area (Å²) in [5.74, 6) is -0.198. The fraction of sp³-hybridized carbons (Fsp3) is 0.321. The second-order valence-electron chi connectivity index (χ2n) is 8.80. The zero-order valence-corrected chi connectivity index (χ0v) is 22.0. The van der Waals surface area contributed by atoms with Crippen LogP contribution in [0.5, 0.6) is 5.75 Å². The highest BCUT2D eigenvalue weighted by Gasteiger charge is 2.46. The molecule has 2 aromatic carbocycles. The Morgan fingerprint density at radius 2 is 1.72 bits per heavy atom. The molecule has 0 spiro atoms. The SMILES string of the molecule is CCOC(=O)c1c(-c2ccc(OC)cc2)c(C#N)c(=S)n([C@@H]2O[C@@H](CO)[C@@H](O)[C@@H](O)[C@H]2O)c1-c1ccccc1. The average molecular weight is 553 g/mol. The number of nitrogens with zero attached hydrogens (tertiary/aromatic N) is 2. The van der Waals surface area contributed by atoms with Gasteiger partial charge < -0.3 is 39.2 Å². The van der Waals surface area contributed by atoms with Crippen molar-refractivity contribution in [3.8, 4) is 34.2 Å². The molecule has 0 radical (unpaired) electrons. The fourth-order valence-electron chi connectivity index (χ4n) is 4.66. The number of aliphatic hydroxyl groups is 4. The lowest BCUT2D eigenvalue weighted by molar-refractivity contribution is -0.251. The highest BCUT2D eigenvalue weighted by atomic mass is 32.1. The summed E-state index contributed by atoms with van der Waals surface area (Å²) in [5, 5.41) is 52.0. The first-order valence-electron chi connectivity index (χ1n) is 12.2. The van der Waals surface area contributed by atoms with E-state index in [0.717, 1.165) is 0 Å².